The van der Waals surface area contributed by atoms with Gasteiger partial charge in [0, 0.05) is 13.1 Å². The number of nitrogens with zero attached hydrogens (tertiary/aromatic N) is 2. The molecule has 2 heterocycles. The molecule has 0 bridgehead atoms. The van der Waals surface area contributed by atoms with Crippen molar-refractivity contribution in [2.45, 2.75) is 37.6 Å². The Morgan fingerprint density at radius 1 is 0.926 bits per heavy atom. The van der Waals surface area contributed by atoms with Crippen molar-refractivity contribution < 1.29 is 8.42 Å². The summed E-state index contributed by atoms with van der Waals surface area (Å²) in [5.41, 5.74) is 2.49. The van der Waals surface area contributed by atoms with E-state index >= 15 is 0 Å². The van der Waals surface area contributed by atoms with E-state index in [-0.39, 0.29) is 5.41 Å². The topological polar surface area (TPSA) is 40.6 Å². The van der Waals surface area contributed by atoms with Crippen LogP contribution in [0.25, 0.3) is 0 Å². The van der Waals surface area contributed by atoms with Crippen molar-refractivity contribution in [1.82, 2.24) is 9.21 Å². The van der Waals surface area contributed by atoms with Crippen molar-refractivity contribution in [2.75, 3.05) is 26.2 Å². The third-order valence-electron chi connectivity index (χ3n) is 6.29. The minimum atomic E-state index is -3.50. The maximum Gasteiger partial charge on any atom is 0.243 e. The van der Waals surface area contributed by atoms with E-state index in [0.717, 1.165) is 44.5 Å². The molecule has 144 valence electrons. The van der Waals surface area contributed by atoms with Crippen LogP contribution in [-0.2, 0) is 23.0 Å². The van der Waals surface area contributed by atoms with Gasteiger partial charge in [-0.25, -0.2) is 8.42 Å². The number of fused-ring (bicyclic) bond motifs is 1. The van der Waals surface area contributed by atoms with Gasteiger partial charge in [0.05, 0.1) is 4.90 Å². The van der Waals surface area contributed by atoms with E-state index in [1.807, 2.05) is 12.1 Å². The summed E-state index contributed by atoms with van der Waals surface area (Å²) in [5.74, 6) is 0. The lowest BCUT2D eigenvalue weighted by molar-refractivity contribution is 0.0897. The molecule has 1 fully saturated rings. The molecule has 0 atom stereocenters. The first kappa shape index (κ1) is 18.7. The van der Waals surface area contributed by atoms with Gasteiger partial charge in [-0.1, -0.05) is 49.4 Å². The van der Waals surface area contributed by atoms with Gasteiger partial charge in [-0.2, -0.15) is 4.31 Å². The smallest absolute Gasteiger partial charge is 0.243 e. The lowest BCUT2D eigenvalue weighted by Crippen LogP contribution is -2.47. The van der Waals surface area contributed by atoms with Gasteiger partial charge in [0.1, 0.15) is 0 Å². The van der Waals surface area contributed by atoms with E-state index in [2.05, 4.69) is 30.0 Å². The van der Waals surface area contributed by atoms with E-state index in [9.17, 15) is 8.42 Å². The Balaban J connectivity index is 1.72. The first-order chi connectivity index (χ1) is 13.0. The molecule has 0 saturated carbocycles. The molecule has 2 aliphatic heterocycles. The summed E-state index contributed by atoms with van der Waals surface area (Å²) in [6.45, 7) is 6.45. The summed E-state index contributed by atoms with van der Waals surface area (Å²) < 4.78 is 28.6. The largest absolute Gasteiger partial charge is 0.304 e. The molecule has 5 heteroatoms. The standard InChI is InChI=1S/C22H28N2O2S/c1-2-23-14-12-22(13-15-23)16-19-8-6-7-9-20(19)17-24(18-22)27(25,26)21-10-4-3-5-11-21/h3-11H,2,12-18H2,1H3. The first-order valence-electron chi connectivity index (χ1n) is 9.87. The molecular formula is C22H28N2O2S. The summed E-state index contributed by atoms with van der Waals surface area (Å²) in [7, 11) is -3.50. The van der Waals surface area contributed by atoms with Gasteiger partial charge < -0.3 is 4.90 Å². The second-order valence-electron chi connectivity index (χ2n) is 7.97. The van der Waals surface area contributed by atoms with Crippen molar-refractivity contribution in [3.8, 4) is 0 Å². The van der Waals surface area contributed by atoms with Crippen LogP contribution in [0.5, 0.6) is 0 Å². The molecule has 0 unspecified atom stereocenters. The lowest BCUT2D eigenvalue weighted by atomic mass is 9.74. The summed E-state index contributed by atoms with van der Waals surface area (Å²) in [4.78, 5) is 2.86. The van der Waals surface area contributed by atoms with Crippen LogP contribution in [0.2, 0.25) is 0 Å². The number of benzene rings is 2. The zero-order chi connectivity index (χ0) is 18.9. The summed E-state index contributed by atoms with van der Waals surface area (Å²) in [5, 5.41) is 0. The normalized spacial score (nSPS) is 20.9. The Morgan fingerprint density at radius 2 is 1.56 bits per heavy atom. The van der Waals surface area contributed by atoms with Crippen molar-refractivity contribution in [3.63, 3.8) is 0 Å². The molecule has 4 nitrogen and oxygen atoms in total. The predicted molar refractivity (Wildman–Crippen MR) is 108 cm³/mol. The number of rotatable bonds is 3. The van der Waals surface area contributed by atoms with Gasteiger partial charge in [-0.3, -0.25) is 0 Å². The fraction of sp³-hybridized carbons (Fsp3) is 0.455. The highest BCUT2D eigenvalue weighted by Crippen LogP contribution is 2.40. The lowest BCUT2D eigenvalue weighted by Gasteiger charge is -2.43. The van der Waals surface area contributed by atoms with Crippen LogP contribution in [-0.4, -0.2) is 43.8 Å². The highest BCUT2D eigenvalue weighted by molar-refractivity contribution is 7.89. The molecule has 2 aromatic rings. The molecule has 0 N–H and O–H groups in total. The van der Waals surface area contributed by atoms with E-state index in [4.69, 9.17) is 0 Å². The Morgan fingerprint density at radius 3 is 2.22 bits per heavy atom. The zero-order valence-electron chi connectivity index (χ0n) is 16.0. The third kappa shape index (κ3) is 3.68. The molecule has 2 aliphatic rings. The maximum atomic E-state index is 13.4. The fourth-order valence-electron chi connectivity index (χ4n) is 4.55. The van der Waals surface area contributed by atoms with Crippen LogP contribution in [0.15, 0.2) is 59.5 Å². The number of piperidine rings is 1. The van der Waals surface area contributed by atoms with Crippen LogP contribution in [0.4, 0.5) is 0 Å². The van der Waals surface area contributed by atoms with E-state index in [1.165, 1.54) is 5.56 Å². The minimum Gasteiger partial charge on any atom is -0.304 e. The van der Waals surface area contributed by atoms with Gasteiger partial charge in [0.15, 0.2) is 0 Å². The molecule has 1 saturated heterocycles. The van der Waals surface area contributed by atoms with E-state index < -0.39 is 10.0 Å². The van der Waals surface area contributed by atoms with Crippen molar-refractivity contribution >= 4 is 10.0 Å². The monoisotopic (exact) mass is 384 g/mol. The highest BCUT2D eigenvalue weighted by atomic mass is 32.2. The molecule has 0 aromatic heterocycles. The molecule has 0 radical (unpaired) electrons. The third-order valence-corrected chi connectivity index (χ3v) is 8.09. The van der Waals surface area contributed by atoms with Crippen molar-refractivity contribution in [3.05, 3.63) is 65.7 Å². The van der Waals surface area contributed by atoms with Gasteiger partial charge in [0.25, 0.3) is 0 Å². The Labute approximate surface area is 162 Å². The van der Waals surface area contributed by atoms with E-state index in [1.54, 1.807) is 28.6 Å². The number of hydrogen-bond acceptors (Lipinski definition) is 3. The van der Waals surface area contributed by atoms with Gasteiger partial charge in [0.2, 0.25) is 10.0 Å². The molecule has 1 spiro atoms. The van der Waals surface area contributed by atoms with Crippen LogP contribution in [0, 0.1) is 5.41 Å². The molecule has 2 aromatic carbocycles. The van der Waals surface area contributed by atoms with Crippen LogP contribution in [0.1, 0.15) is 30.9 Å². The fourth-order valence-corrected chi connectivity index (χ4v) is 6.11. The maximum absolute atomic E-state index is 13.4. The SMILES string of the molecule is CCN1CCC2(CC1)Cc1ccccc1CN(S(=O)(=O)c1ccccc1)C2. The first-order valence-corrected chi connectivity index (χ1v) is 11.3. The summed E-state index contributed by atoms with van der Waals surface area (Å²) in [6.07, 6.45) is 3.08. The van der Waals surface area contributed by atoms with Crippen LogP contribution < -0.4 is 0 Å². The molecule has 0 amide bonds. The summed E-state index contributed by atoms with van der Waals surface area (Å²) in [6, 6.07) is 17.2. The summed E-state index contributed by atoms with van der Waals surface area (Å²) >= 11 is 0. The molecular weight excluding hydrogens is 356 g/mol. The van der Waals surface area contributed by atoms with Crippen molar-refractivity contribution in [1.29, 1.82) is 0 Å². The van der Waals surface area contributed by atoms with Crippen molar-refractivity contribution in [2.24, 2.45) is 5.41 Å². The number of hydrogen-bond donors (Lipinski definition) is 0. The average molecular weight is 385 g/mol. The number of likely N-dealkylation sites (tertiary alicyclic amines) is 1. The van der Waals surface area contributed by atoms with Gasteiger partial charge >= 0.3 is 0 Å². The molecule has 27 heavy (non-hydrogen) atoms. The van der Waals surface area contributed by atoms with E-state index in [0.29, 0.717) is 18.0 Å². The average Bonchev–Trinajstić information content (AvgIpc) is 2.86. The zero-order valence-corrected chi connectivity index (χ0v) is 16.8. The Bertz CT molecular complexity index is 888. The second kappa shape index (κ2) is 7.38. The number of sulfonamides is 1. The minimum absolute atomic E-state index is 0.0279. The predicted octanol–water partition coefficient (Wildman–Crippen LogP) is 3.54. The Kier molecular flexibility index (Phi) is 5.10. The van der Waals surface area contributed by atoms with Crippen LogP contribution in [0.3, 0.4) is 0 Å². The van der Waals surface area contributed by atoms with Gasteiger partial charge in [-0.15, -0.1) is 0 Å². The highest BCUT2D eigenvalue weighted by Gasteiger charge is 2.41. The molecule has 4 rings (SSSR count). The molecule has 0 aliphatic carbocycles. The quantitative estimate of drug-likeness (QED) is 0.813. The van der Waals surface area contributed by atoms with Crippen LogP contribution >= 0.6 is 0 Å². The Hall–Kier alpha value is -1.69. The second-order valence-corrected chi connectivity index (χ2v) is 9.90. The van der Waals surface area contributed by atoms with Gasteiger partial charge in [-0.05, 0) is 67.6 Å².